The Balaban J connectivity index is 3.84. The third-order valence-corrected chi connectivity index (χ3v) is 2.35. The molecule has 0 N–H and O–H groups in total. The Labute approximate surface area is 93.1 Å². The Bertz CT molecular complexity index is 194. The van der Waals surface area contributed by atoms with Crippen LogP contribution in [0.3, 0.4) is 0 Å². The van der Waals surface area contributed by atoms with Crippen molar-refractivity contribution in [1.29, 1.82) is 0 Å². The summed E-state index contributed by atoms with van der Waals surface area (Å²) in [6.07, 6.45) is 0.355. The maximum absolute atomic E-state index is 11.3. The van der Waals surface area contributed by atoms with Gasteiger partial charge in [-0.25, -0.2) is 4.79 Å². The molecule has 0 fully saturated rings. The fourth-order valence-corrected chi connectivity index (χ4v) is 0.909. The van der Waals surface area contributed by atoms with Crippen LogP contribution in [0.25, 0.3) is 0 Å². The third-order valence-electron chi connectivity index (χ3n) is 2.35. The van der Waals surface area contributed by atoms with Crippen molar-refractivity contribution >= 4 is 6.16 Å². The van der Waals surface area contributed by atoms with Gasteiger partial charge in [-0.1, -0.05) is 41.0 Å². The van der Waals surface area contributed by atoms with Crippen molar-refractivity contribution in [3.63, 3.8) is 0 Å². The third kappa shape index (κ3) is 7.23. The molecule has 15 heavy (non-hydrogen) atoms. The summed E-state index contributed by atoms with van der Waals surface area (Å²) in [5.41, 5.74) is -0.0152. The Morgan fingerprint density at radius 1 is 1.27 bits per heavy atom. The predicted molar refractivity (Wildman–Crippen MR) is 60.8 cm³/mol. The molecule has 0 bridgehead atoms. The second-order valence-corrected chi connectivity index (χ2v) is 5.31. The zero-order chi connectivity index (χ0) is 12.1. The number of ether oxygens (including phenoxy) is 2. The molecule has 0 aromatic carbocycles. The van der Waals surface area contributed by atoms with Crippen LogP contribution in [0, 0.1) is 11.3 Å². The molecule has 0 saturated heterocycles. The second-order valence-electron chi connectivity index (χ2n) is 5.31. The Hall–Kier alpha value is -0.730. The lowest BCUT2D eigenvalue weighted by Crippen LogP contribution is -2.25. The molecule has 0 spiro atoms. The first-order valence-corrected chi connectivity index (χ1v) is 5.59. The molecule has 0 aliphatic rings. The highest BCUT2D eigenvalue weighted by molar-refractivity contribution is 5.60. The Morgan fingerprint density at radius 2 is 1.80 bits per heavy atom. The number of carbonyl (C=O) groups is 1. The molecule has 0 rings (SSSR count). The first kappa shape index (κ1) is 14.3. The van der Waals surface area contributed by atoms with E-state index < -0.39 is 6.16 Å². The highest BCUT2D eigenvalue weighted by atomic mass is 16.7. The Kier molecular flexibility index (Phi) is 5.69. The van der Waals surface area contributed by atoms with Crippen LogP contribution in [0.4, 0.5) is 4.79 Å². The van der Waals surface area contributed by atoms with E-state index in [1.807, 2.05) is 27.7 Å². The van der Waals surface area contributed by atoms with E-state index in [1.54, 1.807) is 0 Å². The van der Waals surface area contributed by atoms with Gasteiger partial charge >= 0.3 is 6.16 Å². The maximum atomic E-state index is 11.3. The smallest absolute Gasteiger partial charge is 0.434 e. The van der Waals surface area contributed by atoms with E-state index in [9.17, 15) is 4.79 Å². The van der Waals surface area contributed by atoms with Crippen LogP contribution in [-0.4, -0.2) is 18.9 Å². The minimum Gasteiger partial charge on any atom is -0.434 e. The molecule has 0 aromatic rings. The summed E-state index contributed by atoms with van der Waals surface area (Å²) in [6, 6.07) is 0. The topological polar surface area (TPSA) is 35.5 Å². The van der Waals surface area contributed by atoms with Crippen LogP contribution in [0.1, 0.15) is 48.0 Å². The van der Waals surface area contributed by atoms with Crippen LogP contribution >= 0.6 is 0 Å². The van der Waals surface area contributed by atoms with Crippen molar-refractivity contribution < 1.29 is 14.3 Å². The van der Waals surface area contributed by atoms with Gasteiger partial charge < -0.3 is 9.47 Å². The van der Waals surface area contributed by atoms with E-state index in [0.29, 0.717) is 12.5 Å². The highest BCUT2D eigenvalue weighted by Gasteiger charge is 2.18. The summed E-state index contributed by atoms with van der Waals surface area (Å²) in [5, 5.41) is 0. The van der Waals surface area contributed by atoms with Gasteiger partial charge in [0.25, 0.3) is 0 Å². The van der Waals surface area contributed by atoms with Gasteiger partial charge in [0.1, 0.15) is 6.10 Å². The van der Waals surface area contributed by atoms with E-state index in [1.165, 1.54) is 0 Å². The van der Waals surface area contributed by atoms with Gasteiger partial charge in [-0.05, 0) is 18.3 Å². The van der Waals surface area contributed by atoms with Gasteiger partial charge in [0.2, 0.25) is 0 Å². The summed E-state index contributed by atoms with van der Waals surface area (Å²) >= 11 is 0. The zero-order valence-corrected chi connectivity index (χ0v) is 10.8. The second kappa shape index (κ2) is 5.99. The van der Waals surface area contributed by atoms with Gasteiger partial charge in [0.15, 0.2) is 0 Å². The first-order chi connectivity index (χ1) is 6.76. The van der Waals surface area contributed by atoms with Crippen molar-refractivity contribution in [3.8, 4) is 0 Å². The van der Waals surface area contributed by atoms with Gasteiger partial charge in [-0.15, -0.1) is 0 Å². The maximum Gasteiger partial charge on any atom is 0.508 e. The first-order valence-electron chi connectivity index (χ1n) is 5.59. The lowest BCUT2D eigenvalue weighted by molar-refractivity contribution is -0.00259. The van der Waals surface area contributed by atoms with E-state index in [2.05, 4.69) is 13.8 Å². The standard InChI is InChI=1S/C12H24O3/c1-7-9(2)10(3)15-11(13)14-8-12(4,5)6/h9-10H,7-8H2,1-6H3. The molecule has 2 atom stereocenters. The van der Waals surface area contributed by atoms with Crippen LogP contribution < -0.4 is 0 Å². The average Bonchev–Trinajstić information content (AvgIpc) is 2.12. The van der Waals surface area contributed by atoms with E-state index in [0.717, 1.165) is 6.42 Å². The number of carbonyl (C=O) groups excluding carboxylic acids is 1. The summed E-state index contributed by atoms with van der Waals surface area (Å²) in [5.74, 6) is 0.368. The lowest BCUT2D eigenvalue weighted by atomic mass is 9.99. The lowest BCUT2D eigenvalue weighted by Gasteiger charge is -2.21. The molecule has 0 radical (unpaired) electrons. The minimum atomic E-state index is -0.558. The Morgan fingerprint density at radius 3 is 2.20 bits per heavy atom. The van der Waals surface area contributed by atoms with Crippen molar-refractivity contribution in [3.05, 3.63) is 0 Å². The SMILES string of the molecule is CCC(C)C(C)OC(=O)OCC(C)(C)C. The van der Waals surface area contributed by atoms with Gasteiger partial charge in [-0.3, -0.25) is 0 Å². The van der Waals surface area contributed by atoms with Gasteiger partial charge in [-0.2, -0.15) is 0 Å². The van der Waals surface area contributed by atoms with Crippen molar-refractivity contribution in [1.82, 2.24) is 0 Å². The van der Waals surface area contributed by atoms with Crippen molar-refractivity contribution in [2.45, 2.75) is 54.1 Å². The molecule has 90 valence electrons. The number of hydrogen-bond donors (Lipinski definition) is 0. The van der Waals surface area contributed by atoms with Gasteiger partial charge in [0, 0.05) is 0 Å². The molecule has 3 heteroatoms. The van der Waals surface area contributed by atoms with Crippen LogP contribution in [-0.2, 0) is 9.47 Å². The summed E-state index contributed by atoms with van der Waals surface area (Å²) in [4.78, 5) is 11.3. The van der Waals surface area contributed by atoms with Crippen molar-refractivity contribution in [2.24, 2.45) is 11.3 Å². The summed E-state index contributed by atoms with van der Waals surface area (Å²) < 4.78 is 10.1. The molecule has 0 saturated carbocycles. The van der Waals surface area contributed by atoms with E-state index >= 15 is 0 Å². The molecule has 0 aliphatic heterocycles. The molecule has 0 aliphatic carbocycles. The minimum absolute atomic E-state index is 0.0152. The largest absolute Gasteiger partial charge is 0.508 e. The highest BCUT2D eigenvalue weighted by Crippen LogP contribution is 2.15. The van der Waals surface area contributed by atoms with Gasteiger partial charge in [0.05, 0.1) is 6.61 Å². The average molecular weight is 216 g/mol. The molecule has 3 nitrogen and oxygen atoms in total. The fourth-order valence-electron chi connectivity index (χ4n) is 0.909. The number of rotatable bonds is 4. The summed E-state index contributed by atoms with van der Waals surface area (Å²) in [6.45, 7) is 12.5. The molecule has 2 unspecified atom stereocenters. The predicted octanol–water partition coefficient (Wildman–Crippen LogP) is 3.62. The van der Waals surface area contributed by atoms with Crippen LogP contribution in [0.2, 0.25) is 0 Å². The monoisotopic (exact) mass is 216 g/mol. The number of hydrogen-bond acceptors (Lipinski definition) is 3. The molecular formula is C12H24O3. The van der Waals surface area contributed by atoms with Crippen LogP contribution in [0.5, 0.6) is 0 Å². The molecule has 0 aromatic heterocycles. The van der Waals surface area contributed by atoms with E-state index in [4.69, 9.17) is 9.47 Å². The van der Waals surface area contributed by atoms with Crippen LogP contribution in [0.15, 0.2) is 0 Å². The fraction of sp³-hybridized carbons (Fsp3) is 0.917. The zero-order valence-electron chi connectivity index (χ0n) is 10.8. The van der Waals surface area contributed by atoms with E-state index in [-0.39, 0.29) is 11.5 Å². The normalized spacial score (nSPS) is 15.6. The summed E-state index contributed by atoms with van der Waals surface area (Å²) in [7, 11) is 0. The van der Waals surface area contributed by atoms with Crippen molar-refractivity contribution in [2.75, 3.05) is 6.61 Å². The molecule has 0 amide bonds. The quantitative estimate of drug-likeness (QED) is 0.673. The molecule has 0 heterocycles. The molecular weight excluding hydrogens is 192 g/mol.